The molecule has 1 aliphatic rings. The summed E-state index contributed by atoms with van der Waals surface area (Å²) in [6.45, 7) is 14.2. The SMILES string of the molecule is Cc1cc(C)c(C(C)NC(=O)C2CN(S(=O)(=O)c3ccccc3)c3cc(C(C)(C)C)ccc3O2)cc1C. The van der Waals surface area contributed by atoms with E-state index in [9.17, 15) is 13.2 Å². The van der Waals surface area contributed by atoms with Crippen molar-refractivity contribution in [2.45, 2.75) is 70.9 Å². The first kappa shape index (κ1) is 26.7. The van der Waals surface area contributed by atoms with Gasteiger partial charge in [0.05, 0.1) is 23.2 Å². The predicted octanol–water partition coefficient (Wildman–Crippen LogP) is 5.74. The summed E-state index contributed by atoms with van der Waals surface area (Å²) >= 11 is 0. The van der Waals surface area contributed by atoms with Crippen molar-refractivity contribution < 1.29 is 17.9 Å². The van der Waals surface area contributed by atoms with Crippen molar-refractivity contribution in [3.8, 4) is 5.75 Å². The molecule has 0 aromatic heterocycles. The van der Waals surface area contributed by atoms with Crippen LogP contribution in [0, 0.1) is 20.8 Å². The summed E-state index contributed by atoms with van der Waals surface area (Å²) in [5.41, 5.74) is 5.70. The second kappa shape index (κ2) is 9.86. The van der Waals surface area contributed by atoms with Crippen LogP contribution < -0.4 is 14.4 Å². The molecule has 37 heavy (non-hydrogen) atoms. The summed E-state index contributed by atoms with van der Waals surface area (Å²) in [7, 11) is -3.93. The van der Waals surface area contributed by atoms with Crippen LogP contribution in [0.3, 0.4) is 0 Å². The second-order valence-electron chi connectivity index (χ2n) is 10.9. The maximum absolute atomic E-state index is 13.8. The van der Waals surface area contributed by atoms with Gasteiger partial charge in [0.2, 0.25) is 0 Å². The monoisotopic (exact) mass is 520 g/mol. The van der Waals surface area contributed by atoms with Crippen molar-refractivity contribution >= 4 is 21.6 Å². The number of nitrogens with one attached hydrogen (secondary N) is 1. The molecule has 0 radical (unpaired) electrons. The number of nitrogens with zero attached hydrogens (tertiary/aromatic N) is 1. The van der Waals surface area contributed by atoms with Gasteiger partial charge in [-0.2, -0.15) is 0 Å². The third-order valence-corrected chi connectivity index (χ3v) is 8.82. The molecule has 3 aromatic carbocycles. The normalized spacial score (nSPS) is 16.5. The maximum Gasteiger partial charge on any atom is 0.264 e. The van der Waals surface area contributed by atoms with Crippen LogP contribution >= 0.6 is 0 Å². The maximum atomic E-state index is 13.8. The Labute approximate surface area is 220 Å². The van der Waals surface area contributed by atoms with Crippen LogP contribution in [0.25, 0.3) is 0 Å². The van der Waals surface area contributed by atoms with Gasteiger partial charge in [-0.1, -0.05) is 57.2 Å². The van der Waals surface area contributed by atoms with Crippen LogP contribution in [0.5, 0.6) is 5.75 Å². The van der Waals surface area contributed by atoms with Gasteiger partial charge in [-0.15, -0.1) is 0 Å². The molecule has 0 fully saturated rings. The fourth-order valence-corrected chi connectivity index (χ4v) is 6.12. The van der Waals surface area contributed by atoms with E-state index in [2.05, 4.69) is 45.1 Å². The van der Waals surface area contributed by atoms with E-state index in [-0.39, 0.29) is 28.8 Å². The van der Waals surface area contributed by atoms with Gasteiger partial charge in [0.15, 0.2) is 6.10 Å². The molecule has 0 saturated carbocycles. The standard InChI is InChI=1S/C30H36N2O4S/c1-19-15-21(3)25(16-20(19)2)22(4)31-29(33)28-18-32(37(34,35)24-11-9-8-10-12-24)26-17-23(30(5,6)7)13-14-27(26)36-28/h8-17,22,28H,18H2,1-7H3,(H,31,33). The number of hydrogen-bond acceptors (Lipinski definition) is 4. The summed E-state index contributed by atoms with van der Waals surface area (Å²) in [5, 5.41) is 3.05. The molecule has 2 unspecified atom stereocenters. The molecule has 0 bridgehead atoms. The zero-order valence-corrected chi connectivity index (χ0v) is 23.4. The van der Waals surface area contributed by atoms with Crippen LogP contribution in [-0.4, -0.2) is 27.0 Å². The molecule has 1 aliphatic heterocycles. The molecule has 6 nitrogen and oxygen atoms in total. The number of amides is 1. The highest BCUT2D eigenvalue weighted by Gasteiger charge is 2.38. The van der Waals surface area contributed by atoms with E-state index < -0.39 is 16.1 Å². The highest BCUT2D eigenvalue weighted by molar-refractivity contribution is 7.92. The lowest BCUT2D eigenvalue weighted by molar-refractivity contribution is -0.128. The number of rotatable bonds is 5. The molecule has 1 amide bonds. The molecule has 2 atom stereocenters. The van der Waals surface area contributed by atoms with Gasteiger partial charge in [0.1, 0.15) is 5.75 Å². The molecule has 4 rings (SSSR count). The van der Waals surface area contributed by atoms with Gasteiger partial charge in [0, 0.05) is 0 Å². The molecule has 3 aromatic rings. The Kier molecular flexibility index (Phi) is 7.12. The summed E-state index contributed by atoms with van der Waals surface area (Å²) < 4.78 is 35.0. The Morgan fingerprint density at radius 2 is 1.62 bits per heavy atom. The molecule has 0 saturated heterocycles. The predicted molar refractivity (Wildman–Crippen MR) is 148 cm³/mol. The van der Waals surface area contributed by atoms with Crippen molar-refractivity contribution in [3.63, 3.8) is 0 Å². The fourth-order valence-electron chi connectivity index (χ4n) is 4.64. The highest BCUT2D eigenvalue weighted by Crippen LogP contribution is 2.40. The number of sulfonamides is 1. The van der Waals surface area contributed by atoms with E-state index in [1.54, 1.807) is 36.4 Å². The third kappa shape index (κ3) is 5.37. The van der Waals surface area contributed by atoms with Crippen LogP contribution in [0.4, 0.5) is 5.69 Å². The third-order valence-electron chi connectivity index (χ3n) is 7.03. The molecule has 0 aliphatic carbocycles. The van der Waals surface area contributed by atoms with E-state index in [1.807, 2.05) is 32.9 Å². The van der Waals surface area contributed by atoms with Gasteiger partial charge in [-0.05, 0) is 85.2 Å². The van der Waals surface area contributed by atoms with Gasteiger partial charge in [-0.3, -0.25) is 9.10 Å². The first-order chi connectivity index (χ1) is 17.3. The smallest absolute Gasteiger partial charge is 0.264 e. The average molecular weight is 521 g/mol. The summed E-state index contributed by atoms with van der Waals surface area (Å²) in [6.07, 6.45) is -0.999. The Bertz CT molecular complexity index is 1430. The minimum Gasteiger partial charge on any atom is -0.476 e. The molecular weight excluding hydrogens is 484 g/mol. The summed E-state index contributed by atoms with van der Waals surface area (Å²) in [5.74, 6) is 0.0119. The molecular formula is C30H36N2O4S. The number of carbonyl (C=O) groups excluding carboxylic acids is 1. The lowest BCUT2D eigenvalue weighted by Gasteiger charge is -2.36. The van der Waals surface area contributed by atoms with Crippen molar-refractivity contribution in [1.29, 1.82) is 0 Å². The van der Waals surface area contributed by atoms with Crippen LogP contribution in [-0.2, 0) is 20.2 Å². The summed E-state index contributed by atoms with van der Waals surface area (Å²) in [6, 6.07) is 17.8. The van der Waals surface area contributed by atoms with Crippen LogP contribution in [0.2, 0.25) is 0 Å². The van der Waals surface area contributed by atoms with Crippen LogP contribution in [0.15, 0.2) is 65.6 Å². The molecule has 0 spiro atoms. The van der Waals surface area contributed by atoms with E-state index in [4.69, 9.17) is 4.74 Å². The Morgan fingerprint density at radius 3 is 2.27 bits per heavy atom. The lowest BCUT2D eigenvalue weighted by Crippen LogP contribution is -2.51. The number of hydrogen-bond donors (Lipinski definition) is 1. The van der Waals surface area contributed by atoms with Gasteiger partial charge in [-0.25, -0.2) is 8.42 Å². The van der Waals surface area contributed by atoms with Crippen molar-refractivity contribution in [2.75, 3.05) is 10.8 Å². The minimum atomic E-state index is -3.93. The average Bonchev–Trinajstić information content (AvgIpc) is 2.85. The number of anilines is 1. The van der Waals surface area contributed by atoms with E-state index >= 15 is 0 Å². The first-order valence-electron chi connectivity index (χ1n) is 12.6. The number of carbonyl (C=O) groups is 1. The fraction of sp³-hybridized carbons (Fsp3) is 0.367. The molecule has 1 heterocycles. The number of benzene rings is 3. The number of aryl methyl sites for hydroxylation is 3. The van der Waals surface area contributed by atoms with Crippen LogP contribution in [0.1, 0.15) is 61.6 Å². The van der Waals surface area contributed by atoms with Gasteiger partial charge >= 0.3 is 0 Å². The van der Waals surface area contributed by atoms with E-state index in [0.717, 1.165) is 22.3 Å². The summed E-state index contributed by atoms with van der Waals surface area (Å²) in [4.78, 5) is 13.6. The Morgan fingerprint density at radius 1 is 0.973 bits per heavy atom. The number of ether oxygens (including phenoxy) is 1. The molecule has 1 N–H and O–H groups in total. The van der Waals surface area contributed by atoms with E-state index in [1.165, 1.54) is 9.87 Å². The van der Waals surface area contributed by atoms with Crippen molar-refractivity contribution in [3.05, 3.63) is 88.5 Å². The Balaban J connectivity index is 1.69. The van der Waals surface area contributed by atoms with E-state index in [0.29, 0.717) is 11.4 Å². The zero-order chi connectivity index (χ0) is 27.1. The first-order valence-corrected chi connectivity index (χ1v) is 14.0. The van der Waals surface area contributed by atoms with Gasteiger partial charge < -0.3 is 10.1 Å². The van der Waals surface area contributed by atoms with Crippen molar-refractivity contribution in [1.82, 2.24) is 5.32 Å². The molecule has 7 heteroatoms. The zero-order valence-electron chi connectivity index (χ0n) is 22.6. The highest BCUT2D eigenvalue weighted by atomic mass is 32.2. The lowest BCUT2D eigenvalue weighted by atomic mass is 9.86. The quantitative estimate of drug-likeness (QED) is 0.465. The minimum absolute atomic E-state index is 0.123. The van der Waals surface area contributed by atoms with Gasteiger partial charge in [0.25, 0.3) is 15.9 Å². The Hall–Kier alpha value is -3.32. The second-order valence-corrected chi connectivity index (χ2v) is 12.8. The number of fused-ring (bicyclic) bond motifs is 1. The molecule has 196 valence electrons. The topological polar surface area (TPSA) is 75.7 Å². The largest absolute Gasteiger partial charge is 0.476 e. The van der Waals surface area contributed by atoms with Crippen molar-refractivity contribution in [2.24, 2.45) is 0 Å².